The molecule has 2 aliphatic carbocycles. The van der Waals surface area contributed by atoms with Crippen molar-refractivity contribution >= 4 is 34.9 Å². The largest absolute Gasteiger partial charge is 0.384 e. The van der Waals surface area contributed by atoms with Crippen molar-refractivity contribution in [2.45, 2.75) is 43.8 Å². The molecule has 3 aromatic rings. The van der Waals surface area contributed by atoms with Gasteiger partial charge in [-0.3, -0.25) is 19.8 Å². The van der Waals surface area contributed by atoms with E-state index in [1.807, 2.05) is 21.0 Å². The Morgan fingerprint density at radius 2 is 1.82 bits per heavy atom. The van der Waals surface area contributed by atoms with Crippen LogP contribution in [0.1, 0.15) is 57.7 Å². The van der Waals surface area contributed by atoms with Gasteiger partial charge in [-0.2, -0.15) is 8.78 Å². The molecule has 12 heteroatoms. The first kappa shape index (κ1) is 29.9. The second-order valence-corrected chi connectivity index (χ2v) is 13.2. The lowest BCUT2D eigenvalue weighted by molar-refractivity contribution is -0.139. The SMILES string of the molecule is CC(NC(=O)[C@@H]1C[C@]2(CN(C)C)C[C@@H]2N1C(=O)CNC(=O)c1ccc2c(c1)-c1ccccc1C2(F)F)c1cc(C(=N)N)cs1. The molecule has 3 aliphatic rings. The van der Waals surface area contributed by atoms with Gasteiger partial charge < -0.3 is 26.2 Å². The number of amidine groups is 1. The number of thiophene rings is 1. The fourth-order valence-electron chi connectivity index (χ4n) is 6.84. The van der Waals surface area contributed by atoms with E-state index in [-0.39, 0.29) is 58.4 Å². The molecule has 6 rings (SSSR count). The number of likely N-dealkylation sites (tertiary alicyclic amines) is 1. The van der Waals surface area contributed by atoms with E-state index in [9.17, 15) is 23.2 Å². The summed E-state index contributed by atoms with van der Waals surface area (Å²) < 4.78 is 29.9. The smallest absolute Gasteiger partial charge is 0.299 e. The van der Waals surface area contributed by atoms with Crippen LogP contribution in [-0.2, 0) is 15.5 Å². The predicted octanol–water partition coefficient (Wildman–Crippen LogP) is 3.68. The fourth-order valence-corrected chi connectivity index (χ4v) is 7.76. The lowest BCUT2D eigenvalue weighted by atomic mass is 9.98. The maximum Gasteiger partial charge on any atom is 0.299 e. The lowest BCUT2D eigenvalue weighted by Gasteiger charge is -2.28. The van der Waals surface area contributed by atoms with Gasteiger partial charge in [0.2, 0.25) is 11.8 Å². The molecule has 1 unspecified atom stereocenters. The molecule has 1 saturated carbocycles. The summed E-state index contributed by atoms with van der Waals surface area (Å²) in [6.45, 7) is 2.24. The van der Waals surface area contributed by atoms with Crippen LogP contribution in [0.15, 0.2) is 53.9 Å². The van der Waals surface area contributed by atoms with Crippen LogP contribution in [0, 0.1) is 10.8 Å². The van der Waals surface area contributed by atoms with Gasteiger partial charge in [-0.15, -0.1) is 11.3 Å². The summed E-state index contributed by atoms with van der Waals surface area (Å²) in [5, 5.41) is 15.1. The Bertz CT molecular complexity index is 1690. The van der Waals surface area contributed by atoms with E-state index in [1.165, 1.54) is 35.6 Å². The molecule has 2 heterocycles. The number of alkyl halides is 2. The molecule has 5 N–H and O–H groups in total. The number of hydrogen-bond donors (Lipinski definition) is 4. The van der Waals surface area contributed by atoms with E-state index < -0.39 is 17.9 Å². The Morgan fingerprint density at radius 1 is 1.09 bits per heavy atom. The number of carbonyl (C=O) groups excluding carboxylic acids is 3. The van der Waals surface area contributed by atoms with Crippen molar-refractivity contribution in [1.82, 2.24) is 20.4 Å². The molecule has 0 bridgehead atoms. The molecule has 0 radical (unpaired) electrons. The summed E-state index contributed by atoms with van der Waals surface area (Å²) in [5.74, 6) is -4.41. The molecule has 3 amide bonds. The zero-order valence-electron chi connectivity index (χ0n) is 24.6. The number of amides is 3. The molecular weight excluding hydrogens is 586 g/mol. The maximum atomic E-state index is 15.0. The lowest BCUT2D eigenvalue weighted by Crippen LogP contribution is -2.51. The number of benzene rings is 2. The molecule has 0 spiro atoms. The van der Waals surface area contributed by atoms with Gasteiger partial charge in [-0.25, -0.2) is 0 Å². The predicted molar refractivity (Wildman–Crippen MR) is 164 cm³/mol. The molecule has 9 nitrogen and oxygen atoms in total. The molecule has 1 aliphatic heterocycles. The van der Waals surface area contributed by atoms with Crippen LogP contribution in [0.5, 0.6) is 0 Å². The van der Waals surface area contributed by atoms with Crippen LogP contribution in [0.25, 0.3) is 11.1 Å². The van der Waals surface area contributed by atoms with E-state index >= 15 is 0 Å². The average molecular weight is 621 g/mol. The minimum absolute atomic E-state index is 0.0472. The molecule has 44 heavy (non-hydrogen) atoms. The molecule has 4 atom stereocenters. The first-order valence-corrected chi connectivity index (χ1v) is 15.3. The number of halogens is 2. The summed E-state index contributed by atoms with van der Waals surface area (Å²) in [7, 11) is 3.92. The van der Waals surface area contributed by atoms with Crippen molar-refractivity contribution < 1.29 is 23.2 Å². The van der Waals surface area contributed by atoms with E-state index in [0.717, 1.165) is 17.8 Å². The maximum absolute atomic E-state index is 15.0. The number of nitrogens with zero attached hydrogens (tertiary/aromatic N) is 2. The molecule has 1 saturated heterocycles. The highest BCUT2D eigenvalue weighted by atomic mass is 32.1. The van der Waals surface area contributed by atoms with Gasteiger partial charge in [-0.1, -0.05) is 30.3 Å². The Morgan fingerprint density at radius 3 is 2.52 bits per heavy atom. The van der Waals surface area contributed by atoms with Crippen LogP contribution in [-0.4, -0.2) is 72.6 Å². The third-order valence-corrected chi connectivity index (χ3v) is 10.0. The summed E-state index contributed by atoms with van der Waals surface area (Å²) in [6, 6.07) is 10.9. The van der Waals surface area contributed by atoms with Crippen molar-refractivity contribution in [2.24, 2.45) is 11.1 Å². The van der Waals surface area contributed by atoms with Crippen molar-refractivity contribution in [2.75, 3.05) is 27.2 Å². The zero-order chi connectivity index (χ0) is 31.6. The highest BCUT2D eigenvalue weighted by molar-refractivity contribution is 7.10. The number of nitrogen functional groups attached to an aromatic ring is 1. The number of carbonyl (C=O) groups is 3. The van der Waals surface area contributed by atoms with Crippen molar-refractivity contribution in [3.8, 4) is 11.1 Å². The van der Waals surface area contributed by atoms with Gasteiger partial charge in [0.25, 0.3) is 11.8 Å². The normalized spacial score (nSPS) is 23.0. The van der Waals surface area contributed by atoms with E-state index in [1.54, 1.807) is 34.5 Å². The van der Waals surface area contributed by atoms with Gasteiger partial charge in [-0.05, 0) is 63.2 Å². The number of rotatable bonds is 9. The van der Waals surface area contributed by atoms with Crippen LogP contribution in [0.4, 0.5) is 8.78 Å². The monoisotopic (exact) mass is 620 g/mol. The Labute approximate surface area is 257 Å². The van der Waals surface area contributed by atoms with Crippen molar-refractivity contribution in [3.63, 3.8) is 0 Å². The Kier molecular flexibility index (Phi) is 7.32. The van der Waals surface area contributed by atoms with Crippen LogP contribution >= 0.6 is 11.3 Å². The molecule has 2 fully saturated rings. The van der Waals surface area contributed by atoms with Gasteiger partial charge in [0, 0.05) is 50.5 Å². The standard InChI is InChI=1S/C32H34F2N6O3S/c1-17(25-11-19(15-44-25)28(35)36)38-30(43)24-12-31(16-39(2)3)13-26(31)40(24)27(41)14-37-29(42)18-8-9-23-21(10-18)20-6-4-5-7-22(20)32(23,33)34/h4-11,15,17,24,26H,12-14,16H2,1-3H3,(H3,35,36)(H,37,42)(H,38,43)/t17?,24-,26-,31+/m0/s1. The first-order valence-electron chi connectivity index (χ1n) is 14.4. The van der Waals surface area contributed by atoms with Crippen molar-refractivity contribution in [1.29, 1.82) is 5.41 Å². The highest BCUT2D eigenvalue weighted by Gasteiger charge is 2.67. The van der Waals surface area contributed by atoms with Crippen LogP contribution in [0.2, 0.25) is 0 Å². The van der Waals surface area contributed by atoms with E-state index in [4.69, 9.17) is 11.1 Å². The third kappa shape index (κ3) is 5.05. The Balaban J connectivity index is 1.16. The minimum Gasteiger partial charge on any atom is -0.384 e. The van der Waals surface area contributed by atoms with Crippen LogP contribution < -0.4 is 16.4 Å². The number of piperidine rings is 1. The first-order chi connectivity index (χ1) is 20.8. The average Bonchev–Trinajstić information content (AvgIpc) is 3.29. The molecule has 230 valence electrons. The quantitative estimate of drug-likeness (QED) is 0.214. The minimum atomic E-state index is -3.15. The number of nitrogens with two attached hydrogens (primary N) is 1. The Hall–Kier alpha value is -4.16. The highest BCUT2D eigenvalue weighted by Crippen LogP contribution is 2.60. The number of nitrogens with one attached hydrogen (secondary N) is 3. The summed E-state index contributed by atoms with van der Waals surface area (Å²) in [5.41, 5.74) is 6.57. The number of hydrogen-bond acceptors (Lipinski definition) is 6. The third-order valence-electron chi connectivity index (χ3n) is 8.93. The van der Waals surface area contributed by atoms with Gasteiger partial charge in [0.05, 0.1) is 12.6 Å². The van der Waals surface area contributed by atoms with Crippen LogP contribution in [0.3, 0.4) is 0 Å². The second kappa shape index (κ2) is 10.8. The molecule has 2 aromatic carbocycles. The fraction of sp³-hybridized carbons (Fsp3) is 0.375. The topological polar surface area (TPSA) is 132 Å². The second-order valence-electron chi connectivity index (χ2n) is 12.3. The van der Waals surface area contributed by atoms with E-state index in [2.05, 4.69) is 15.5 Å². The molecule has 1 aromatic heterocycles. The molecular formula is C32H34F2N6O3S. The summed E-state index contributed by atoms with van der Waals surface area (Å²) in [4.78, 5) is 44.8. The van der Waals surface area contributed by atoms with Crippen molar-refractivity contribution in [3.05, 3.63) is 81.0 Å². The van der Waals surface area contributed by atoms with E-state index in [0.29, 0.717) is 23.1 Å². The summed E-state index contributed by atoms with van der Waals surface area (Å²) in [6.07, 6.45) is 1.28. The van der Waals surface area contributed by atoms with Gasteiger partial charge >= 0.3 is 0 Å². The summed E-state index contributed by atoms with van der Waals surface area (Å²) >= 11 is 1.40. The zero-order valence-corrected chi connectivity index (χ0v) is 25.4. The number of fused-ring (bicyclic) bond motifs is 4. The van der Waals surface area contributed by atoms with Gasteiger partial charge in [0.1, 0.15) is 11.9 Å². The van der Waals surface area contributed by atoms with Gasteiger partial charge in [0.15, 0.2) is 0 Å².